The smallest absolute Gasteiger partial charge is 0.0508 e. The van der Waals surface area contributed by atoms with Crippen molar-refractivity contribution in [2.24, 2.45) is 10.5 Å². The second kappa shape index (κ2) is 4.11. The van der Waals surface area contributed by atoms with Crippen LogP contribution in [0.4, 0.5) is 0 Å². The summed E-state index contributed by atoms with van der Waals surface area (Å²) in [6.07, 6.45) is 0. The van der Waals surface area contributed by atoms with Crippen LogP contribution in [0.5, 0.6) is 0 Å². The van der Waals surface area contributed by atoms with Gasteiger partial charge in [-0.1, -0.05) is 12.0 Å². The molecule has 10 heavy (non-hydrogen) atoms. The second-order valence-corrected chi connectivity index (χ2v) is 2.52. The quantitative estimate of drug-likeness (QED) is 0.338. The van der Waals surface area contributed by atoms with E-state index in [0.29, 0.717) is 0 Å². The van der Waals surface area contributed by atoms with Crippen molar-refractivity contribution >= 4 is 0 Å². The molecule has 0 rings (SSSR count). The summed E-state index contributed by atoms with van der Waals surface area (Å²) in [5.74, 6) is 0. The molecule has 0 spiro atoms. The molecule has 0 saturated heterocycles. The molecule has 0 aliphatic heterocycles. The summed E-state index contributed by atoms with van der Waals surface area (Å²) in [6, 6.07) is 0. The Kier molecular flexibility index (Phi) is 3.79. The summed E-state index contributed by atoms with van der Waals surface area (Å²) in [5.41, 5.74) is 7.24. The number of hydrogen-bond acceptors (Lipinski definition) is 3. The van der Waals surface area contributed by atoms with E-state index in [9.17, 15) is 0 Å². The molecule has 0 saturated carbocycles. The van der Waals surface area contributed by atoms with E-state index >= 15 is 0 Å². The fourth-order valence-corrected chi connectivity index (χ4v) is 0.352. The molecule has 0 heterocycles. The number of nitrogens with zero attached hydrogens (tertiary/aromatic N) is 3. The van der Waals surface area contributed by atoms with Crippen LogP contribution < -0.4 is 0 Å². The minimum Gasteiger partial charge on any atom is -0.396 e. The highest BCUT2D eigenvalue weighted by atomic mass is 16.3. The molecule has 0 bridgehead atoms. The maximum absolute atomic E-state index is 8.67. The predicted molar refractivity (Wildman–Crippen MR) is 36.3 cm³/mol. The number of rotatable bonds is 4. The van der Waals surface area contributed by atoms with Crippen molar-refractivity contribution in [3.8, 4) is 0 Å². The molecule has 0 aliphatic rings. The molecule has 0 radical (unpaired) electrons. The predicted octanol–water partition coefficient (Wildman–Crippen LogP) is 0.288. The van der Waals surface area contributed by atoms with E-state index in [-0.39, 0.29) is 19.8 Å². The molecule has 58 valence electrons. The van der Waals surface area contributed by atoms with Gasteiger partial charge in [0.25, 0.3) is 0 Å². The average Bonchev–Trinajstić information content (AvgIpc) is 2.00. The van der Waals surface area contributed by atoms with Crippen LogP contribution in [0.15, 0.2) is 5.11 Å². The molecule has 5 nitrogen and oxygen atoms in total. The highest BCUT2D eigenvalue weighted by molar-refractivity contribution is 4.74. The molecule has 0 aromatic heterocycles. The molecule has 2 N–H and O–H groups in total. The third kappa shape index (κ3) is 2.68. The first-order valence-electron chi connectivity index (χ1n) is 2.91. The molecular weight excluding hydrogens is 134 g/mol. The van der Waals surface area contributed by atoms with Crippen LogP contribution in [-0.2, 0) is 0 Å². The summed E-state index contributed by atoms with van der Waals surface area (Å²) in [5, 5.41) is 20.6. The van der Waals surface area contributed by atoms with Crippen LogP contribution in [-0.4, -0.2) is 30.0 Å². The van der Waals surface area contributed by atoms with Gasteiger partial charge in [-0.2, -0.15) is 0 Å². The Hall–Kier alpha value is -0.770. The van der Waals surface area contributed by atoms with Crippen LogP contribution in [0.3, 0.4) is 0 Å². The zero-order valence-electron chi connectivity index (χ0n) is 5.86. The third-order valence-electron chi connectivity index (χ3n) is 1.28. The zero-order valence-corrected chi connectivity index (χ0v) is 5.86. The van der Waals surface area contributed by atoms with Crippen molar-refractivity contribution < 1.29 is 10.2 Å². The van der Waals surface area contributed by atoms with Crippen LogP contribution in [0, 0.1) is 5.41 Å². The Morgan fingerprint density at radius 3 is 2.30 bits per heavy atom. The fraction of sp³-hybridized carbons (Fsp3) is 1.00. The van der Waals surface area contributed by atoms with Crippen molar-refractivity contribution in [2.45, 2.75) is 6.92 Å². The Bertz CT molecular complexity index is 138. The molecule has 0 amide bonds. The summed E-state index contributed by atoms with van der Waals surface area (Å²) in [6.45, 7) is 1.41. The number of aliphatic hydroxyl groups excluding tert-OH is 2. The highest BCUT2D eigenvalue weighted by Crippen LogP contribution is 2.13. The normalized spacial score (nSPS) is 10.7. The van der Waals surface area contributed by atoms with Crippen molar-refractivity contribution in [3.63, 3.8) is 0 Å². The Balaban J connectivity index is 3.92. The standard InChI is InChI=1S/C5H11N3O2/c1-5(3-9,4-10)2-7-8-6/h9-10H,2-4H2,1H3. The van der Waals surface area contributed by atoms with E-state index in [1.165, 1.54) is 0 Å². The Morgan fingerprint density at radius 2 is 2.00 bits per heavy atom. The SMILES string of the molecule is CC(CO)(CO)CN=[N+]=[N-]. The van der Waals surface area contributed by atoms with Crippen LogP contribution in [0.1, 0.15) is 6.92 Å². The van der Waals surface area contributed by atoms with Crippen LogP contribution >= 0.6 is 0 Å². The third-order valence-corrected chi connectivity index (χ3v) is 1.28. The summed E-state index contributed by atoms with van der Waals surface area (Å²) in [7, 11) is 0. The Labute approximate surface area is 58.9 Å². The minimum atomic E-state index is -0.674. The first-order chi connectivity index (χ1) is 4.68. The summed E-state index contributed by atoms with van der Waals surface area (Å²) >= 11 is 0. The second-order valence-electron chi connectivity index (χ2n) is 2.52. The molecule has 0 unspecified atom stereocenters. The van der Waals surface area contributed by atoms with Gasteiger partial charge in [0.2, 0.25) is 0 Å². The molecule has 0 aromatic carbocycles. The van der Waals surface area contributed by atoms with Gasteiger partial charge in [0.1, 0.15) is 0 Å². The van der Waals surface area contributed by atoms with E-state index in [4.69, 9.17) is 15.7 Å². The molecule has 0 atom stereocenters. The maximum Gasteiger partial charge on any atom is 0.0508 e. The first-order valence-corrected chi connectivity index (χ1v) is 2.91. The average molecular weight is 145 g/mol. The van der Waals surface area contributed by atoms with E-state index in [1.807, 2.05) is 0 Å². The van der Waals surface area contributed by atoms with Gasteiger partial charge in [-0.15, -0.1) is 0 Å². The van der Waals surface area contributed by atoms with E-state index < -0.39 is 5.41 Å². The number of hydrogen-bond donors (Lipinski definition) is 2. The van der Waals surface area contributed by atoms with Gasteiger partial charge in [0, 0.05) is 16.9 Å². The topological polar surface area (TPSA) is 89.2 Å². The first kappa shape index (κ1) is 9.23. The Morgan fingerprint density at radius 1 is 1.50 bits per heavy atom. The summed E-state index contributed by atoms with van der Waals surface area (Å²) < 4.78 is 0. The van der Waals surface area contributed by atoms with Crippen molar-refractivity contribution in [2.75, 3.05) is 19.8 Å². The molecule has 0 aliphatic carbocycles. The number of azide groups is 1. The monoisotopic (exact) mass is 145 g/mol. The van der Waals surface area contributed by atoms with Gasteiger partial charge in [-0.25, -0.2) is 0 Å². The lowest BCUT2D eigenvalue weighted by molar-refractivity contribution is 0.0773. The zero-order chi connectivity index (χ0) is 8.04. The van der Waals surface area contributed by atoms with E-state index in [1.54, 1.807) is 6.92 Å². The van der Waals surface area contributed by atoms with Gasteiger partial charge in [-0.3, -0.25) is 0 Å². The van der Waals surface area contributed by atoms with Crippen molar-refractivity contribution in [3.05, 3.63) is 10.4 Å². The minimum absolute atomic E-state index is 0.122. The van der Waals surface area contributed by atoms with Crippen molar-refractivity contribution in [1.29, 1.82) is 0 Å². The maximum atomic E-state index is 8.67. The lowest BCUT2D eigenvalue weighted by Gasteiger charge is -2.20. The van der Waals surface area contributed by atoms with Crippen LogP contribution in [0.2, 0.25) is 0 Å². The molecule has 5 heteroatoms. The largest absolute Gasteiger partial charge is 0.396 e. The molecular formula is C5H11N3O2. The van der Waals surface area contributed by atoms with E-state index in [0.717, 1.165) is 0 Å². The lowest BCUT2D eigenvalue weighted by Crippen LogP contribution is -2.28. The number of aliphatic hydroxyl groups is 2. The molecule has 0 fully saturated rings. The van der Waals surface area contributed by atoms with Crippen molar-refractivity contribution in [1.82, 2.24) is 0 Å². The van der Waals surface area contributed by atoms with Gasteiger partial charge < -0.3 is 10.2 Å². The molecule has 0 aromatic rings. The van der Waals surface area contributed by atoms with Gasteiger partial charge in [0.05, 0.1) is 13.2 Å². The van der Waals surface area contributed by atoms with Gasteiger partial charge in [-0.05, 0) is 5.53 Å². The van der Waals surface area contributed by atoms with Crippen LogP contribution in [0.25, 0.3) is 10.4 Å². The van der Waals surface area contributed by atoms with E-state index in [2.05, 4.69) is 10.0 Å². The fourth-order valence-electron chi connectivity index (χ4n) is 0.352. The van der Waals surface area contributed by atoms with Gasteiger partial charge >= 0.3 is 0 Å². The van der Waals surface area contributed by atoms with Gasteiger partial charge in [0.15, 0.2) is 0 Å². The highest BCUT2D eigenvalue weighted by Gasteiger charge is 2.20. The summed E-state index contributed by atoms with van der Waals surface area (Å²) in [4.78, 5) is 2.52. The lowest BCUT2D eigenvalue weighted by atomic mass is 9.94.